The van der Waals surface area contributed by atoms with Crippen LogP contribution in [0.1, 0.15) is 6.92 Å². The van der Waals surface area contributed by atoms with Crippen LogP contribution in [-0.2, 0) is 9.16 Å². The largest absolute Gasteiger partial charge is 0.520 e. The van der Waals surface area contributed by atoms with Gasteiger partial charge in [0.2, 0.25) is 8.32 Å². The van der Waals surface area contributed by atoms with E-state index in [1.165, 1.54) is 5.20 Å². The van der Waals surface area contributed by atoms with Crippen LogP contribution in [0, 0.1) is 0 Å². The molecule has 0 N–H and O–H groups in total. The van der Waals surface area contributed by atoms with E-state index in [0.29, 0.717) is 6.61 Å². The van der Waals surface area contributed by atoms with Gasteiger partial charge in [-0.15, -0.1) is 0 Å². The molecule has 0 saturated carbocycles. The van der Waals surface area contributed by atoms with Crippen LogP contribution in [0.15, 0.2) is 23.8 Å². The minimum absolute atomic E-state index is 0.641. The SMILES string of the molecule is C=C/C(=C(/OCC)O[Si](C)(C)C)[Si](C)(C)C. The Hall–Kier alpha value is -0.486. The van der Waals surface area contributed by atoms with Gasteiger partial charge in [-0.3, -0.25) is 0 Å². The Morgan fingerprint density at radius 2 is 1.62 bits per heavy atom. The van der Waals surface area contributed by atoms with E-state index in [1.54, 1.807) is 0 Å². The summed E-state index contributed by atoms with van der Waals surface area (Å²) in [7, 11) is -3.08. The maximum atomic E-state index is 6.02. The average molecular weight is 259 g/mol. The van der Waals surface area contributed by atoms with Gasteiger partial charge in [-0.05, 0) is 26.6 Å². The van der Waals surface area contributed by atoms with Crippen molar-refractivity contribution in [1.82, 2.24) is 0 Å². The lowest BCUT2D eigenvalue weighted by Gasteiger charge is -2.27. The average Bonchev–Trinajstić information content (AvgIpc) is 1.99. The maximum absolute atomic E-state index is 6.02. The van der Waals surface area contributed by atoms with Crippen molar-refractivity contribution < 1.29 is 9.16 Å². The minimum Gasteiger partial charge on any atom is -0.520 e. The molecule has 0 aromatic rings. The van der Waals surface area contributed by atoms with Crippen molar-refractivity contribution >= 4 is 16.4 Å². The zero-order valence-corrected chi connectivity index (χ0v) is 13.8. The summed E-state index contributed by atoms with van der Waals surface area (Å²) in [5.74, 6) is 0.718. The van der Waals surface area contributed by atoms with Crippen LogP contribution in [0.5, 0.6) is 0 Å². The molecule has 0 unspecified atom stereocenters. The van der Waals surface area contributed by atoms with Gasteiger partial charge in [0.05, 0.1) is 14.7 Å². The third-order valence-electron chi connectivity index (χ3n) is 1.91. The third kappa shape index (κ3) is 5.56. The van der Waals surface area contributed by atoms with Gasteiger partial charge < -0.3 is 9.16 Å². The fourth-order valence-electron chi connectivity index (χ4n) is 1.27. The van der Waals surface area contributed by atoms with Crippen LogP contribution in [0.4, 0.5) is 0 Å². The highest BCUT2D eigenvalue weighted by Gasteiger charge is 2.27. The molecule has 0 aliphatic heterocycles. The van der Waals surface area contributed by atoms with Crippen LogP contribution in [0.2, 0.25) is 39.3 Å². The molecule has 0 aromatic carbocycles. The Morgan fingerprint density at radius 1 is 1.12 bits per heavy atom. The highest BCUT2D eigenvalue weighted by atomic mass is 28.4. The van der Waals surface area contributed by atoms with Gasteiger partial charge in [-0.2, -0.15) is 0 Å². The van der Waals surface area contributed by atoms with E-state index in [0.717, 1.165) is 5.95 Å². The molecule has 0 fully saturated rings. The highest BCUT2D eigenvalue weighted by molar-refractivity contribution is 6.83. The summed E-state index contributed by atoms with van der Waals surface area (Å²) < 4.78 is 11.7. The van der Waals surface area contributed by atoms with E-state index in [2.05, 4.69) is 45.9 Å². The molecule has 4 heteroatoms. The van der Waals surface area contributed by atoms with Gasteiger partial charge in [0.1, 0.15) is 0 Å². The van der Waals surface area contributed by atoms with Crippen molar-refractivity contribution in [2.75, 3.05) is 6.61 Å². The topological polar surface area (TPSA) is 18.5 Å². The Balaban J connectivity index is 5.26. The van der Waals surface area contributed by atoms with Gasteiger partial charge in [-0.25, -0.2) is 0 Å². The first-order valence-electron chi connectivity index (χ1n) is 5.81. The lowest BCUT2D eigenvalue weighted by molar-refractivity contribution is 0.111. The number of rotatable bonds is 6. The number of hydrogen-bond donors (Lipinski definition) is 0. The molecular weight excluding hydrogens is 232 g/mol. The van der Waals surface area contributed by atoms with Gasteiger partial charge in [0.25, 0.3) is 5.95 Å². The molecule has 0 rings (SSSR count). The molecule has 0 aromatic heterocycles. The lowest BCUT2D eigenvalue weighted by atomic mass is 10.6. The summed E-state index contributed by atoms with van der Waals surface area (Å²) in [6.45, 7) is 19.8. The van der Waals surface area contributed by atoms with Crippen molar-refractivity contribution in [1.29, 1.82) is 0 Å². The maximum Gasteiger partial charge on any atom is 0.264 e. The Labute approximate surface area is 102 Å². The van der Waals surface area contributed by atoms with Gasteiger partial charge in [0.15, 0.2) is 0 Å². The Bertz CT molecular complexity index is 270. The molecule has 0 atom stereocenters. The zero-order valence-electron chi connectivity index (χ0n) is 11.8. The molecule has 94 valence electrons. The van der Waals surface area contributed by atoms with E-state index in [1.807, 2.05) is 13.0 Å². The standard InChI is InChI=1S/C12H26O2Si2/c1-9-11(15(3,4)5)12(13-10-2)14-16(6,7)8/h9H,1,10H2,2-8H3/b12-11+. The molecule has 0 amide bonds. The second kappa shape index (κ2) is 5.73. The normalized spacial score (nSPS) is 14.2. The van der Waals surface area contributed by atoms with Gasteiger partial charge in [0, 0.05) is 5.20 Å². The van der Waals surface area contributed by atoms with Crippen LogP contribution in [-0.4, -0.2) is 23.0 Å². The first-order valence-corrected chi connectivity index (χ1v) is 12.7. The summed E-state index contributed by atoms with van der Waals surface area (Å²) in [5.41, 5.74) is 0. The van der Waals surface area contributed by atoms with Crippen molar-refractivity contribution in [3.8, 4) is 0 Å². The summed E-state index contributed by atoms with van der Waals surface area (Å²) in [6, 6.07) is 0. The second-order valence-electron chi connectivity index (χ2n) is 5.80. The van der Waals surface area contributed by atoms with Crippen LogP contribution in [0.25, 0.3) is 0 Å². The molecule has 0 spiro atoms. The fraction of sp³-hybridized carbons (Fsp3) is 0.667. The molecule has 0 aliphatic rings. The second-order valence-corrected chi connectivity index (χ2v) is 15.3. The third-order valence-corrected chi connectivity index (χ3v) is 4.73. The van der Waals surface area contributed by atoms with Crippen molar-refractivity contribution in [3.63, 3.8) is 0 Å². The minimum atomic E-state index is -1.62. The molecule has 0 saturated heterocycles. The molecule has 0 radical (unpaired) electrons. The Morgan fingerprint density at radius 3 is 1.88 bits per heavy atom. The summed E-state index contributed by atoms with van der Waals surface area (Å²) in [5, 5.41) is 1.18. The van der Waals surface area contributed by atoms with E-state index in [9.17, 15) is 0 Å². The first-order chi connectivity index (χ1) is 7.11. The molecular formula is C12H26O2Si2. The molecule has 0 bridgehead atoms. The quantitative estimate of drug-likeness (QED) is 0.405. The summed E-state index contributed by atoms with van der Waals surface area (Å²) in [6.07, 6.45) is 1.90. The number of ether oxygens (including phenoxy) is 1. The first kappa shape index (κ1) is 15.5. The van der Waals surface area contributed by atoms with Crippen molar-refractivity contribution in [3.05, 3.63) is 23.8 Å². The molecule has 16 heavy (non-hydrogen) atoms. The molecule has 0 heterocycles. The number of allylic oxidation sites excluding steroid dienone is 2. The molecule has 0 aliphatic carbocycles. The summed E-state index contributed by atoms with van der Waals surface area (Å²) in [4.78, 5) is 0. The van der Waals surface area contributed by atoms with E-state index in [-0.39, 0.29) is 0 Å². The van der Waals surface area contributed by atoms with E-state index >= 15 is 0 Å². The van der Waals surface area contributed by atoms with Crippen molar-refractivity contribution in [2.45, 2.75) is 46.2 Å². The highest BCUT2D eigenvalue weighted by Crippen LogP contribution is 2.24. The predicted molar refractivity (Wildman–Crippen MR) is 76.6 cm³/mol. The molecule has 2 nitrogen and oxygen atoms in total. The number of hydrogen-bond acceptors (Lipinski definition) is 2. The van der Waals surface area contributed by atoms with E-state index in [4.69, 9.17) is 9.16 Å². The van der Waals surface area contributed by atoms with E-state index < -0.39 is 16.4 Å². The van der Waals surface area contributed by atoms with Crippen LogP contribution in [0.3, 0.4) is 0 Å². The van der Waals surface area contributed by atoms with Gasteiger partial charge in [-0.1, -0.05) is 32.3 Å². The fourth-order valence-corrected chi connectivity index (χ4v) is 3.44. The zero-order chi connectivity index (χ0) is 13.0. The Kier molecular flexibility index (Phi) is 5.55. The van der Waals surface area contributed by atoms with Crippen molar-refractivity contribution in [2.24, 2.45) is 0 Å². The monoisotopic (exact) mass is 258 g/mol. The van der Waals surface area contributed by atoms with Crippen LogP contribution >= 0.6 is 0 Å². The summed E-state index contributed by atoms with van der Waals surface area (Å²) >= 11 is 0. The van der Waals surface area contributed by atoms with Crippen LogP contribution < -0.4 is 0 Å². The van der Waals surface area contributed by atoms with Gasteiger partial charge >= 0.3 is 0 Å². The smallest absolute Gasteiger partial charge is 0.264 e. The lowest BCUT2D eigenvalue weighted by Crippen LogP contribution is -2.31. The predicted octanol–water partition coefficient (Wildman–Crippen LogP) is 4.15.